The minimum atomic E-state index is -0.636. The number of rotatable bonds is 5. The quantitative estimate of drug-likeness (QED) is 0.639. The van der Waals surface area contributed by atoms with Crippen molar-refractivity contribution >= 4 is 17.4 Å². The Balaban J connectivity index is 1.59. The van der Waals surface area contributed by atoms with Crippen molar-refractivity contribution in [3.8, 4) is 5.82 Å². The van der Waals surface area contributed by atoms with E-state index in [0.29, 0.717) is 17.6 Å². The second kappa shape index (κ2) is 7.55. The van der Waals surface area contributed by atoms with Crippen LogP contribution in [0, 0.1) is 0 Å². The molecular weight excluding hydrogens is 342 g/mol. The normalized spacial score (nSPS) is 14.8. The van der Waals surface area contributed by atoms with Gasteiger partial charge in [0.05, 0.1) is 6.20 Å². The van der Waals surface area contributed by atoms with Crippen LogP contribution in [0.1, 0.15) is 34.8 Å². The molecule has 27 heavy (non-hydrogen) atoms. The molecule has 0 saturated carbocycles. The Bertz CT molecular complexity index is 916. The number of hydrogen-bond donors (Lipinski definition) is 3. The zero-order valence-electron chi connectivity index (χ0n) is 14.8. The number of aromatic nitrogens is 4. The highest BCUT2D eigenvalue weighted by Gasteiger charge is 2.16. The van der Waals surface area contributed by atoms with Gasteiger partial charge in [0.2, 0.25) is 0 Å². The number of anilines is 2. The van der Waals surface area contributed by atoms with Crippen molar-refractivity contribution in [1.82, 2.24) is 25.1 Å². The summed E-state index contributed by atoms with van der Waals surface area (Å²) in [4.78, 5) is 20.3. The molecule has 0 spiro atoms. The largest absolute Gasteiger partial charge is 0.364 e. The number of nitrogens with two attached hydrogens (primary N) is 1. The Hall–Kier alpha value is -3.26. The Kier molecular flexibility index (Phi) is 4.80. The third-order valence-electron chi connectivity index (χ3n) is 4.72. The zero-order valence-corrected chi connectivity index (χ0v) is 14.8. The van der Waals surface area contributed by atoms with E-state index in [1.54, 1.807) is 23.1 Å². The van der Waals surface area contributed by atoms with Gasteiger partial charge in [-0.1, -0.05) is 12.1 Å². The number of piperidine rings is 1. The third-order valence-corrected chi connectivity index (χ3v) is 4.72. The van der Waals surface area contributed by atoms with E-state index >= 15 is 0 Å². The van der Waals surface area contributed by atoms with Gasteiger partial charge >= 0.3 is 0 Å². The van der Waals surface area contributed by atoms with E-state index in [1.807, 2.05) is 12.1 Å². The van der Waals surface area contributed by atoms with Gasteiger partial charge in [-0.05, 0) is 55.6 Å². The van der Waals surface area contributed by atoms with Crippen LogP contribution >= 0.6 is 0 Å². The lowest BCUT2D eigenvalue weighted by molar-refractivity contribution is 0.0996. The first-order chi connectivity index (χ1) is 13.2. The molecule has 1 amide bonds. The van der Waals surface area contributed by atoms with E-state index in [0.717, 1.165) is 31.6 Å². The zero-order chi connectivity index (χ0) is 18.6. The van der Waals surface area contributed by atoms with Gasteiger partial charge in [-0.3, -0.25) is 4.79 Å². The first-order valence-electron chi connectivity index (χ1n) is 8.95. The molecule has 1 aliphatic heterocycles. The summed E-state index contributed by atoms with van der Waals surface area (Å²) in [5.74, 6) is 0.761. The minimum absolute atomic E-state index is 0.0911. The fraction of sp³-hybridized carbons (Fsp3) is 0.263. The van der Waals surface area contributed by atoms with Crippen molar-refractivity contribution in [2.45, 2.75) is 18.8 Å². The summed E-state index contributed by atoms with van der Waals surface area (Å²) in [6.45, 7) is 2.12. The number of carbonyl (C=O) groups is 1. The molecule has 1 aromatic carbocycles. The standard InChI is InChI=1S/C19H21N7O/c20-18(27)17-19(25-16(12-22-17)26-11-1-8-23-26)24-15-4-2-13(3-5-15)14-6-9-21-10-7-14/h1-5,8,11-12,14,21H,6-7,9-10H2,(H2,20,27)(H,24,25). The highest BCUT2D eigenvalue weighted by atomic mass is 16.1. The Morgan fingerprint density at radius 1 is 1.22 bits per heavy atom. The van der Waals surface area contributed by atoms with Crippen molar-refractivity contribution in [3.05, 3.63) is 60.2 Å². The number of primary amides is 1. The molecule has 1 fully saturated rings. The lowest BCUT2D eigenvalue weighted by Crippen LogP contribution is -2.26. The van der Waals surface area contributed by atoms with E-state index in [4.69, 9.17) is 5.73 Å². The molecule has 1 saturated heterocycles. The molecule has 0 aliphatic carbocycles. The summed E-state index contributed by atoms with van der Waals surface area (Å²) >= 11 is 0. The number of benzene rings is 1. The first-order valence-corrected chi connectivity index (χ1v) is 8.95. The van der Waals surface area contributed by atoms with Crippen LogP contribution in [0.2, 0.25) is 0 Å². The molecule has 8 nitrogen and oxygen atoms in total. The van der Waals surface area contributed by atoms with E-state index < -0.39 is 5.91 Å². The maximum atomic E-state index is 11.7. The molecule has 2 aromatic heterocycles. The molecule has 4 N–H and O–H groups in total. The summed E-state index contributed by atoms with van der Waals surface area (Å²) in [6, 6.07) is 10.0. The van der Waals surface area contributed by atoms with Gasteiger partial charge in [-0.25, -0.2) is 14.6 Å². The molecule has 138 valence electrons. The van der Waals surface area contributed by atoms with Crippen LogP contribution in [0.25, 0.3) is 5.82 Å². The van der Waals surface area contributed by atoms with E-state index in [1.165, 1.54) is 11.8 Å². The van der Waals surface area contributed by atoms with Gasteiger partial charge < -0.3 is 16.4 Å². The Morgan fingerprint density at radius 3 is 2.67 bits per heavy atom. The molecule has 0 radical (unpaired) electrons. The smallest absolute Gasteiger partial charge is 0.271 e. The monoisotopic (exact) mass is 363 g/mol. The maximum absolute atomic E-state index is 11.7. The average molecular weight is 363 g/mol. The van der Waals surface area contributed by atoms with Gasteiger partial charge in [-0.2, -0.15) is 5.10 Å². The van der Waals surface area contributed by atoms with Crippen LogP contribution in [-0.4, -0.2) is 38.7 Å². The Labute approximate surface area is 156 Å². The molecule has 8 heteroatoms. The van der Waals surface area contributed by atoms with Crippen molar-refractivity contribution in [2.75, 3.05) is 18.4 Å². The minimum Gasteiger partial charge on any atom is -0.364 e. The number of amides is 1. The van der Waals surface area contributed by atoms with Gasteiger partial charge in [-0.15, -0.1) is 0 Å². The second-order valence-electron chi connectivity index (χ2n) is 6.51. The van der Waals surface area contributed by atoms with E-state index in [-0.39, 0.29) is 5.69 Å². The molecule has 0 unspecified atom stereocenters. The molecule has 3 heterocycles. The molecule has 3 aromatic rings. The van der Waals surface area contributed by atoms with Crippen molar-refractivity contribution in [2.24, 2.45) is 5.73 Å². The maximum Gasteiger partial charge on any atom is 0.271 e. The second-order valence-corrected chi connectivity index (χ2v) is 6.51. The Morgan fingerprint density at radius 2 is 2.00 bits per heavy atom. The molecule has 4 rings (SSSR count). The van der Waals surface area contributed by atoms with Crippen molar-refractivity contribution < 1.29 is 4.79 Å². The van der Waals surface area contributed by atoms with Crippen LogP contribution in [0.4, 0.5) is 11.5 Å². The predicted molar refractivity (Wildman–Crippen MR) is 102 cm³/mol. The molecular formula is C19H21N7O. The van der Waals surface area contributed by atoms with E-state index in [2.05, 4.69) is 37.8 Å². The number of nitrogens with zero attached hydrogens (tertiary/aromatic N) is 4. The van der Waals surface area contributed by atoms with Gasteiger partial charge in [0.1, 0.15) is 0 Å². The summed E-state index contributed by atoms with van der Waals surface area (Å²) in [6.07, 6.45) is 7.17. The third kappa shape index (κ3) is 3.80. The summed E-state index contributed by atoms with van der Waals surface area (Å²) in [5, 5.41) is 10.7. The van der Waals surface area contributed by atoms with Gasteiger partial charge in [0, 0.05) is 18.1 Å². The van der Waals surface area contributed by atoms with Crippen LogP contribution in [0.5, 0.6) is 0 Å². The van der Waals surface area contributed by atoms with Gasteiger partial charge in [0.15, 0.2) is 17.3 Å². The highest BCUT2D eigenvalue weighted by Crippen LogP contribution is 2.27. The number of nitrogens with one attached hydrogen (secondary N) is 2. The molecule has 1 aliphatic rings. The summed E-state index contributed by atoms with van der Waals surface area (Å²) < 4.78 is 1.57. The lowest BCUT2D eigenvalue weighted by Gasteiger charge is -2.23. The fourth-order valence-electron chi connectivity index (χ4n) is 3.29. The topological polar surface area (TPSA) is 111 Å². The lowest BCUT2D eigenvalue weighted by atomic mass is 9.90. The fourth-order valence-corrected chi connectivity index (χ4v) is 3.29. The van der Waals surface area contributed by atoms with Crippen LogP contribution in [-0.2, 0) is 0 Å². The highest BCUT2D eigenvalue weighted by molar-refractivity contribution is 5.96. The van der Waals surface area contributed by atoms with Gasteiger partial charge in [0.25, 0.3) is 5.91 Å². The van der Waals surface area contributed by atoms with Crippen LogP contribution < -0.4 is 16.4 Å². The average Bonchev–Trinajstić information content (AvgIpc) is 3.24. The van der Waals surface area contributed by atoms with Crippen LogP contribution in [0.3, 0.4) is 0 Å². The summed E-state index contributed by atoms with van der Waals surface area (Å²) in [7, 11) is 0. The van der Waals surface area contributed by atoms with E-state index in [9.17, 15) is 4.79 Å². The SMILES string of the molecule is NC(=O)c1ncc(-n2cccn2)nc1Nc1ccc(C2CCNCC2)cc1. The molecule has 0 atom stereocenters. The first kappa shape index (κ1) is 17.2. The van der Waals surface area contributed by atoms with Crippen molar-refractivity contribution in [3.63, 3.8) is 0 Å². The summed E-state index contributed by atoms with van der Waals surface area (Å²) in [5.41, 5.74) is 7.69. The number of hydrogen-bond acceptors (Lipinski definition) is 6. The number of carbonyl (C=O) groups excluding carboxylic acids is 1. The van der Waals surface area contributed by atoms with Crippen molar-refractivity contribution in [1.29, 1.82) is 0 Å². The molecule has 0 bridgehead atoms. The predicted octanol–water partition coefficient (Wildman–Crippen LogP) is 1.97. The van der Waals surface area contributed by atoms with Crippen LogP contribution in [0.15, 0.2) is 48.9 Å².